The topological polar surface area (TPSA) is 100 Å². The van der Waals surface area contributed by atoms with Crippen molar-refractivity contribution in [3.8, 4) is 0 Å². The molecule has 10 heteroatoms. The van der Waals surface area contributed by atoms with Gasteiger partial charge in [0.1, 0.15) is 0 Å². The Kier molecular flexibility index (Phi) is 4.82. The molecule has 1 aliphatic carbocycles. The number of rotatable bonds is 6. The number of nitrogens with one attached hydrogen (secondary N) is 3. The zero-order chi connectivity index (χ0) is 19.8. The SMILES string of the molecule is C=CCn1c(=S)[nH]c2cc(C(=O)NCc3n[nH]c(=S)n3C3CC3)ccc2c1=O. The van der Waals surface area contributed by atoms with E-state index in [0.717, 1.165) is 12.8 Å². The van der Waals surface area contributed by atoms with Crippen LogP contribution in [0.25, 0.3) is 10.9 Å². The number of allylic oxidation sites excluding steroid dienone is 1. The highest BCUT2D eigenvalue weighted by Gasteiger charge is 2.27. The van der Waals surface area contributed by atoms with Crippen LogP contribution in [0.3, 0.4) is 0 Å². The van der Waals surface area contributed by atoms with Gasteiger partial charge < -0.3 is 10.3 Å². The quantitative estimate of drug-likeness (QED) is 0.425. The third kappa shape index (κ3) is 3.36. The van der Waals surface area contributed by atoms with Gasteiger partial charge in [-0.25, -0.2) is 0 Å². The van der Waals surface area contributed by atoms with Crippen molar-refractivity contribution in [2.75, 3.05) is 0 Å². The third-order valence-corrected chi connectivity index (χ3v) is 5.26. The summed E-state index contributed by atoms with van der Waals surface area (Å²) < 4.78 is 4.23. The van der Waals surface area contributed by atoms with Gasteiger partial charge in [-0.1, -0.05) is 6.08 Å². The van der Waals surface area contributed by atoms with Crippen molar-refractivity contribution in [2.45, 2.75) is 32.0 Å². The van der Waals surface area contributed by atoms with Crippen LogP contribution in [0.4, 0.5) is 0 Å². The molecule has 4 rings (SSSR count). The summed E-state index contributed by atoms with van der Waals surface area (Å²) in [6, 6.07) is 5.24. The molecule has 3 N–H and O–H groups in total. The summed E-state index contributed by atoms with van der Waals surface area (Å²) in [6.45, 7) is 4.22. The van der Waals surface area contributed by atoms with Crippen molar-refractivity contribution in [1.29, 1.82) is 0 Å². The van der Waals surface area contributed by atoms with E-state index in [1.54, 1.807) is 24.3 Å². The van der Waals surface area contributed by atoms with Gasteiger partial charge in [0, 0.05) is 18.2 Å². The molecule has 144 valence electrons. The Morgan fingerprint density at radius 3 is 2.86 bits per heavy atom. The summed E-state index contributed by atoms with van der Waals surface area (Å²) in [5, 5.41) is 10.3. The van der Waals surface area contributed by atoms with Gasteiger partial charge in [0.05, 0.1) is 17.4 Å². The highest BCUT2D eigenvalue weighted by Crippen LogP contribution is 2.35. The van der Waals surface area contributed by atoms with Crippen molar-refractivity contribution >= 4 is 41.2 Å². The minimum Gasteiger partial charge on any atom is -0.345 e. The van der Waals surface area contributed by atoms with E-state index in [2.05, 4.69) is 27.1 Å². The van der Waals surface area contributed by atoms with Crippen LogP contribution in [0.5, 0.6) is 0 Å². The standard InChI is InChI=1S/C18H18N6O2S2/c1-2-7-23-16(26)12-6-3-10(8-13(12)20-17(23)27)15(25)19-9-14-21-22-18(28)24(14)11-4-5-11/h2-3,6,8,11H,1,4-5,7,9H2,(H,19,25)(H,20,27)(H,22,28). The predicted molar refractivity (Wildman–Crippen MR) is 110 cm³/mol. The van der Waals surface area contributed by atoms with Crippen molar-refractivity contribution in [3.05, 3.63) is 62.1 Å². The maximum atomic E-state index is 12.6. The van der Waals surface area contributed by atoms with Gasteiger partial charge >= 0.3 is 0 Å². The summed E-state index contributed by atoms with van der Waals surface area (Å²) in [5.41, 5.74) is 0.723. The summed E-state index contributed by atoms with van der Waals surface area (Å²) in [4.78, 5) is 28.1. The van der Waals surface area contributed by atoms with E-state index >= 15 is 0 Å². The zero-order valence-corrected chi connectivity index (χ0v) is 16.5. The fraction of sp³-hybridized carbons (Fsp3) is 0.278. The van der Waals surface area contributed by atoms with Gasteiger partial charge in [-0.2, -0.15) is 5.10 Å². The van der Waals surface area contributed by atoms with Crippen LogP contribution < -0.4 is 10.9 Å². The largest absolute Gasteiger partial charge is 0.345 e. The van der Waals surface area contributed by atoms with Crippen molar-refractivity contribution in [3.63, 3.8) is 0 Å². The molecule has 0 atom stereocenters. The number of benzene rings is 1. The Morgan fingerprint density at radius 2 is 2.14 bits per heavy atom. The Bertz CT molecular complexity index is 1260. The Hall–Kier alpha value is -2.85. The molecular formula is C18H18N6O2S2. The van der Waals surface area contributed by atoms with Crippen LogP contribution >= 0.6 is 24.4 Å². The molecule has 0 aliphatic heterocycles. The number of H-pyrrole nitrogens is 2. The molecule has 1 saturated carbocycles. The fourth-order valence-electron chi connectivity index (χ4n) is 3.12. The van der Waals surface area contributed by atoms with Gasteiger partial charge in [0.25, 0.3) is 11.5 Å². The highest BCUT2D eigenvalue weighted by atomic mass is 32.1. The van der Waals surface area contributed by atoms with Gasteiger partial charge in [0.15, 0.2) is 15.4 Å². The number of carbonyl (C=O) groups excluding carboxylic acids is 1. The summed E-state index contributed by atoms with van der Waals surface area (Å²) in [7, 11) is 0. The van der Waals surface area contributed by atoms with E-state index in [9.17, 15) is 9.59 Å². The van der Waals surface area contributed by atoms with Crippen LogP contribution in [-0.2, 0) is 13.1 Å². The van der Waals surface area contributed by atoms with E-state index in [4.69, 9.17) is 24.4 Å². The van der Waals surface area contributed by atoms with Gasteiger partial charge in [0.2, 0.25) is 0 Å². The first-order valence-corrected chi connectivity index (χ1v) is 9.63. The number of hydrogen-bond donors (Lipinski definition) is 3. The molecule has 8 nitrogen and oxygen atoms in total. The lowest BCUT2D eigenvalue weighted by Gasteiger charge is -2.09. The highest BCUT2D eigenvalue weighted by molar-refractivity contribution is 7.71. The number of aromatic nitrogens is 5. The molecule has 2 aromatic heterocycles. The molecule has 0 unspecified atom stereocenters. The van der Waals surface area contributed by atoms with Gasteiger partial charge in [-0.3, -0.25) is 23.8 Å². The average molecular weight is 415 g/mol. The van der Waals surface area contributed by atoms with Crippen LogP contribution in [-0.4, -0.2) is 30.2 Å². The maximum absolute atomic E-state index is 12.6. The first-order valence-electron chi connectivity index (χ1n) is 8.81. The number of hydrogen-bond acceptors (Lipinski definition) is 5. The lowest BCUT2D eigenvalue weighted by Crippen LogP contribution is -2.25. The molecule has 0 bridgehead atoms. The second-order valence-corrected chi connectivity index (χ2v) is 7.40. The first-order chi connectivity index (χ1) is 13.5. The normalized spacial score (nSPS) is 13.6. The van der Waals surface area contributed by atoms with Gasteiger partial charge in [-0.05, 0) is 55.5 Å². The van der Waals surface area contributed by atoms with Crippen molar-refractivity contribution in [1.82, 2.24) is 29.6 Å². The van der Waals surface area contributed by atoms with Crippen LogP contribution in [0.15, 0.2) is 35.6 Å². The molecule has 2 heterocycles. The molecule has 0 radical (unpaired) electrons. The Balaban J connectivity index is 1.59. The molecule has 1 aromatic carbocycles. The number of nitrogens with zero attached hydrogens (tertiary/aromatic N) is 3. The van der Waals surface area contributed by atoms with E-state index in [-0.39, 0.29) is 22.8 Å². The van der Waals surface area contributed by atoms with E-state index in [1.165, 1.54) is 4.57 Å². The third-order valence-electron chi connectivity index (χ3n) is 4.65. The molecule has 1 aliphatic rings. The minimum absolute atomic E-state index is 0.217. The fourth-order valence-corrected chi connectivity index (χ4v) is 3.69. The van der Waals surface area contributed by atoms with Crippen LogP contribution in [0.2, 0.25) is 0 Å². The molecule has 0 saturated heterocycles. The van der Waals surface area contributed by atoms with Crippen molar-refractivity contribution < 1.29 is 4.79 Å². The second kappa shape index (κ2) is 7.28. The summed E-state index contributed by atoms with van der Waals surface area (Å²) in [6.07, 6.45) is 3.75. The molecule has 1 amide bonds. The molecular weight excluding hydrogens is 396 g/mol. The Labute approximate surface area is 169 Å². The van der Waals surface area contributed by atoms with E-state index in [1.807, 2.05) is 4.57 Å². The monoisotopic (exact) mass is 414 g/mol. The number of amides is 1. The molecule has 1 fully saturated rings. The first kappa shape index (κ1) is 18.5. The number of aromatic amines is 2. The van der Waals surface area contributed by atoms with E-state index in [0.29, 0.717) is 39.6 Å². The average Bonchev–Trinajstić information content (AvgIpc) is 3.45. The molecule has 28 heavy (non-hydrogen) atoms. The zero-order valence-electron chi connectivity index (χ0n) is 14.9. The Morgan fingerprint density at radius 1 is 1.36 bits per heavy atom. The number of carbonyl (C=O) groups is 1. The molecule has 0 spiro atoms. The second-order valence-electron chi connectivity index (χ2n) is 6.62. The number of fused-ring (bicyclic) bond motifs is 1. The van der Waals surface area contributed by atoms with Crippen molar-refractivity contribution in [2.24, 2.45) is 0 Å². The van der Waals surface area contributed by atoms with Crippen LogP contribution in [0.1, 0.15) is 35.1 Å². The smallest absolute Gasteiger partial charge is 0.262 e. The van der Waals surface area contributed by atoms with Gasteiger partial charge in [-0.15, -0.1) is 6.58 Å². The summed E-state index contributed by atoms with van der Waals surface area (Å²) >= 11 is 10.5. The lowest BCUT2D eigenvalue weighted by molar-refractivity contribution is 0.0949. The lowest BCUT2D eigenvalue weighted by atomic mass is 10.1. The maximum Gasteiger partial charge on any atom is 0.262 e. The minimum atomic E-state index is -0.271. The van der Waals surface area contributed by atoms with Crippen LogP contribution in [0, 0.1) is 9.54 Å². The molecule has 3 aromatic rings. The summed E-state index contributed by atoms with van der Waals surface area (Å²) in [5.74, 6) is 0.432. The predicted octanol–water partition coefficient (Wildman–Crippen LogP) is 2.76. The van der Waals surface area contributed by atoms with E-state index < -0.39 is 0 Å².